The van der Waals surface area contributed by atoms with Crippen LogP contribution in [0.25, 0.3) is 0 Å². The maximum Gasteiger partial charge on any atom is 0.253 e. The maximum absolute atomic E-state index is 13.1. The lowest BCUT2D eigenvalue weighted by Gasteiger charge is -2.33. The van der Waals surface area contributed by atoms with Gasteiger partial charge in [0.15, 0.2) is 0 Å². The van der Waals surface area contributed by atoms with E-state index in [2.05, 4.69) is 22.5 Å². The van der Waals surface area contributed by atoms with Crippen molar-refractivity contribution in [2.45, 2.75) is 38.0 Å². The number of rotatable bonds is 11. The molecule has 0 unspecified atom stereocenters. The van der Waals surface area contributed by atoms with Crippen molar-refractivity contribution < 1.29 is 14.3 Å². The highest BCUT2D eigenvalue weighted by molar-refractivity contribution is 8.00. The van der Waals surface area contributed by atoms with Gasteiger partial charge in [0.2, 0.25) is 5.91 Å². The number of ether oxygens (including phenoxy) is 1. The number of nitrogens with one attached hydrogen (secondary N) is 2. The Hall–Kier alpha value is -2.51. The number of nitrogens with zero attached hydrogens (tertiary/aromatic N) is 1. The summed E-state index contributed by atoms with van der Waals surface area (Å²) < 4.78 is 5.36. The van der Waals surface area contributed by atoms with Gasteiger partial charge in [-0.25, -0.2) is 0 Å². The van der Waals surface area contributed by atoms with E-state index in [4.69, 9.17) is 4.74 Å². The first-order valence-corrected chi connectivity index (χ1v) is 12.8. The fourth-order valence-corrected chi connectivity index (χ4v) is 4.52. The monoisotopic (exact) mass is 469 g/mol. The third-order valence-electron chi connectivity index (χ3n) is 5.72. The van der Waals surface area contributed by atoms with Crippen LogP contribution >= 0.6 is 11.8 Å². The zero-order valence-corrected chi connectivity index (χ0v) is 20.5. The van der Waals surface area contributed by atoms with Crippen LogP contribution in [0.3, 0.4) is 0 Å². The number of piperidine rings is 1. The lowest BCUT2D eigenvalue weighted by Crippen LogP contribution is -2.35. The minimum atomic E-state index is -0.116. The number of amides is 2. The van der Waals surface area contributed by atoms with E-state index < -0.39 is 0 Å². The molecule has 2 aromatic rings. The number of carbonyl (C=O) groups excluding carboxylic acids is 2. The molecule has 0 aromatic heterocycles. The van der Waals surface area contributed by atoms with E-state index in [-0.39, 0.29) is 11.8 Å². The molecule has 3 rings (SSSR count). The van der Waals surface area contributed by atoms with Crippen molar-refractivity contribution in [3.05, 3.63) is 54.1 Å². The van der Waals surface area contributed by atoms with E-state index >= 15 is 0 Å². The van der Waals surface area contributed by atoms with Gasteiger partial charge in [0.25, 0.3) is 5.91 Å². The maximum atomic E-state index is 13.1. The number of hydrogen-bond donors (Lipinski definition) is 2. The summed E-state index contributed by atoms with van der Waals surface area (Å²) in [5.74, 6) is 0.813. The summed E-state index contributed by atoms with van der Waals surface area (Å²) in [6.07, 6.45) is 3.00. The smallest absolute Gasteiger partial charge is 0.253 e. The number of thioether (sulfide) groups is 1. The molecule has 0 radical (unpaired) electrons. The van der Waals surface area contributed by atoms with E-state index in [9.17, 15) is 9.59 Å². The van der Waals surface area contributed by atoms with Gasteiger partial charge in [0, 0.05) is 49.1 Å². The SMILES string of the molecule is CCOCCCNC(=O)c1cc(NC(=O)CSc2ccccc2)ccc1N1CCC(C)CC1. The Morgan fingerprint density at radius 1 is 1.12 bits per heavy atom. The average molecular weight is 470 g/mol. The number of hydrogen-bond acceptors (Lipinski definition) is 5. The van der Waals surface area contributed by atoms with Crippen LogP contribution in [0.2, 0.25) is 0 Å². The summed E-state index contributed by atoms with van der Waals surface area (Å²) in [7, 11) is 0. The zero-order valence-electron chi connectivity index (χ0n) is 19.6. The molecule has 2 N–H and O–H groups in total. The molecule has 0 atom stereocenters. The van der Waals surface area contributed by atoms with Crippen LogP contribution in [0.4, 0.5) is 11.4 Å². The highest BCUT2D eigenvalue weighted by Gasteiger charge is 2.22. The number of anilines is 2. The quantitative estimate of drug-likeness (QED) is 0.365. The Morgan fingerprint density at radius 3 is 2.61 bits per heavy atom. The number of carbonyl (C=O) groups is 2. The Labute approximate surface area is 201 Å². The molecule has 1 aliphatic rings. The highest BCUT2D eigenvalue weighted by Crippen LogP contribution is 2.29. The van der Waals surface area contributed by atoms with E-state index in [1.54, 1.807) is 6.07 Å². The Balaban J connectivity index is 1.67. The van der Waals surface area contributed by atoms with Gasteiger partial charge in [-0.1, -0.05) is 25.1 Å². The van der Waals surface area contributed by atoms with Gasteiger partial charge in [0.05, 0.1) is 11.3 Å². The molecule has 0 spiro atoms. The minimum Gasteiger partial charge on any atom is -0.382 e. The molecule has 1 aliphatic heterocycles. The van der Waals surface area contributed by atoms with E-state index in [1.165, 1.54) is 11.8 Å². The molecule has 7 heteroatoms. The van der Waals surface area contributed by atoms with Crippen LogP contribution in [0.5, 0.6) is 0 Å². The summed E-state index contributed by atoms with van der Waals surface area (Å²) in [6.45, 7) is 7.96. The topological polar surface area (TPSA) is 70.7 Å². The summed E-state index contributed by atoms with van der Waals surface area (Å²) >= 11 is 1.49. The molecule has 1 saturated heterocycles. The molecule has 0 bridgehead atoms. The Bertz CT molecular complexity index is 899. The van der Waals surface area contributed by atoms with Crippen molar-refractivity contribution in [1.82, 2.24) is 5.32 Å². The number of benzene rings is 2. The van der Waals surface area contributed by atoms with Crippen LogP contribution < -0.4 is 15.5 Å². The standard InChI is InChI=1S/C26H35N3O3S/c1-3-32-17-7-14-27-26(31)23-18-21(10-11-24(23)29-15-12-20(2)13-16-29)28-25(30)19-33-22-8-5-4-6-9-22/h4-6,8-11,18,20H,3,7,12-17,19H2,1-2H3,(H,27,31)(H,28,30). The van der Waals surface area contributed by atoms with Gasteiger partial charge in [0.1, 0.15) is 0 Å². The summed E-state index contributed by atoms with van der Waals surface area (Å²) in [6, 6.07) is 15.5. The van der Waals surface area contributed by atoms with Gasteiger partial charge in [-0.15, -0.1) is 11.8 Å². The van der Waals surface area contributed by atoms with Gasteiger partial charge < -0.3 is 20.3 Å². The van der Waals surface area contributed by atoms with E-state index in [0.717, 1.165) is 42.9 Å². The third-order valence-corrected chi connectivity index (χ3v) is 6.73. The first kappa shape index (κ1) is 25.1. The van der Waals surface area contributed by atoms with Gasteiger partial charge in [-0.3, -0.25) is 9.59 Å². The van der Waals surface area contributed by atoms with E-state index in [0.29, 0.717) is 42.7 Å². The molecule has 2 amide bonds. The van der Waals surface area contributed by atoms with Crippen molar-refractivity contribution in [1.29, 1.82) is 0 Å². The lowest BCUT2D eigenvalue weighted by molar-refractivity contribution is -0.113. The molecule has 0 saturated carbocycles. The van der Waals surface area contributed by atoms with Crippen LogP contribution in [0, 0.1) is 5.92 Å². The van der Waals surface area contributed by atoms with Gasteiger partial charge >= 0.3 is 0 Å². The fraction of sp³-hybridized carbons (Fsp3) is 0.462. The van der Waals surface area contributed by atoms with Crippen molar-refractivity contribution in [3.63, 3.8) is 0 Å². The van der Waals surface area contributed by atoms with Crippen molar-refractivity contribution >= 4 is 35.0 Å². The summed E-state index contributed by atoms with van der Waals surface area (Å²) in [5.41, 5.74) is 2.18. The zero-order chi connectivity index (χ0) is 23.5. The molecule has 33 heavy (non-hydrogen) atoms. The predicted molar refractivity (Wildman–Crippen MR) is 136 cm³/mol. The molecule has 1 fully saturated rings. The predicted octanol–water partition coefficient (Wildman–Crippen LogP) is 4.81. The summed E-state index contributed by atoms with van der Waals surface area (Å²) in [5, 5.41) is 5.96. The average Bonchev–Trinajstić information content (AvgIpc) is 2.84. The van der Waals surface area contributed by atoms with Crippen LogP contribution in [-0.4, -0.2) is 50.4 Å². The molecule has 2 aromatic carbocycles. The fourth-order valence-electron chi connectivity index (χ4n) is 3.80. The van der Waals surface area contributed by atoms with Crippen LogP contribution in [-0.2, 0) is 9.53 Å². The molecule has 1 heterocycles. The molecule has 0 aliphatic carbocycles. The largest absolute Gasteiger partial charge is 0.382 e. The lowest BCUT2D eigenvalue weighted by atomic mass is 9.97. The first-order chi connectivity index (χ1) is 16.1. The van der Waals surface area contributed by atoms with Crippen LogP contribution in [0.15, 0.2) is 53.4 Å². The second kappa shape index (κ2) is 13.3. The second-order valence-corrected chi connectivity index (χ2v) is 9.41. The Morgan fingerprint density at radius 2 is 1.88 bits per heavy atom. The van der Waals surface area contributed by atoms with Crippen molar-refractivity contribution in [3.8, 4) is 0 Å². The molecular formula is C26H35N3O3S. The molecule has 178 valence electrons. The van der Waals surface area contributed by atoms with Crippen molar-refractivity contribution in [2.24, 2.45) is 5.92 Å². The van der Waals surface area contributed by atoms with Gasteiger partial charge in [-0.05, 0) is 62.4 Å². The van der Waals surface area contributed by atoms with Crippen molar-refractivity contribution in [2.75, 3.05) is 48.8 Å². The third kappa shape index (κ3) is 8.09. The second-order valence-electron chi connectivity index (χ2n) is 8.36. The normalized spacial score (nSPS) is 14.2. The summed E-state index contributed by atoms with van der Waals surface area (Å²) in [4.78, 5) is 28.9. The van der Waals surface area contributed by atoms with Gasteiger partial charge in [-0.2, -0.15) is 0 Å². The first-order valence-electron chi connectivity index (χ1n) is 11.8. The highest BCUT2D eigenvalue weighted by atomic mass is 32.2. The van der Waals surface area contributed by atoms with Crippen LogP contribution in [0.1, 0.15) is 43.5 Å². The Kier molecular flexibility index (Phi) is 10.1. The van der Waals surface area contributed by atoms with E-state index in [1.807, 2.05) is 49.4 Å². The molecular weight excluding hydrogens is 434 g/mol. The molecule has 6 nitrogen and oxygen atoms in total. The minimum absolute atomic E-state index is 0.0912.